The molecule has 16 heavy (non-hydrogen) atoms. The van der Waals surface area contributed by atoms with Crippen LogP contribution in [0.2, 0.25) is 0 Å². The van der Waals surface area contributed by atoms with Crippen molar-refractivity contribution < 1.29 is 9.53 Å². The summed E-state index contributed by atoms with van der Waals surface area (Å²) >= 11 is 0. The van der Waals surface area contributed by atoms with Crippen molar-refractivity contribution in [2.24, 2.45) is 0 Å². The highest BCUT2D eigenvalue weighted by Gasteiger charge is 2.29. The van der Waals surface area contributed by atoms with Crippen molar-refractivity contribution in [1.29, 1.82) is 0 Å². The van der Waals surface area contributed by atoms with Gasteiger partial charge in [-0.25, -0.2) is 0 Å². The Labute approximate surface area is 103 Å². The molecule has 0 aromatic carbocycles. The van der Waals surface area contributed by atoms with E-state index in [1.807, 2.05) is 4.90 Å². The standard InChI is InChI=1S/C11H20N2O2.ClH/c1-15-9-4-7-13(8-5-9)11(14)10-3-2-6-12-10;/h9-10,12H,2-8H2,1H3;1H/t10-;/m0./s1. The van der Waals surface area contributed by atoms with Gasteiger partial charge in [-0.05, 0) is 32.2 Å². The van der Waals surface area contributed by atoms with Crippen molar-refractivity contribution in [3.8, 4) is 0 Å². The minimum Gasteiger partial charge on any atom is -0.381 e. The molecule has 0 spiro atoms. The van der Waals surface area contributed by atoms with Gasteiger partial charge in [-0.3, -0.25) is 4.79 Å². The number of amides is 1. The molecule has 2 aliphatic heterocycles. The Morgan fingerprint density at radius 3 is 2.50 bits per heavy atom. The summed E-state index contributed by atoms with van der Waals surface area (Å²) in [6, 6.07) is 0.0871. The molecule has 0 aliphatic carbocycles. The van der Waals surface area contributed by atoms with Gasteiger partial charge in [0, 0.05) is 20.2 Å². The largest absolute Gasteiger partial charge is 0.381 e. The van der Waals surface area contributed by atoms with Crippen LogP contribution >= 0.6 is 12.4 Å². The Hall–Kier alpha value is -0.320. The van der Waals surface area contributed by atoms with Crippen LogP contribution in [-0.2, 0) is 9.53 Å². The zero-order chi connectivity index (χ0) is 10.7. The third kappa shape index (κ3) is 3.09. The van der Waals surface area contributed by atoms with Crippen molar-refractivity contribution in [1.82, 2.24) is 10.2 Å². The first-order valence-corrected chi connectivity index (χ1v) is 5.86. The molecule has 1 N–H and O–H groups in total. The smallest absolute Gasteiger partial charge is 0.239 e. The number of rotatable bonds is 2. The highest BCUT2D eigenvalue weighted by molar-refractivity contribution is 5.85. The molecule has 0 aromatic rings. The second-order valence-corrected chi connectivity index (χ2v) is 4.41. The summed E-state index contributed by atoms with van der Waals surface area (Å²) in [5.41, 5.74) is 0. The zero-order valence-electron chi connectivity index (χ0n) is 9.78. The number of nitrogens with zero attached hydrogens (tertiary/aromatic N) is 1. The Bertz CT molecular complexity index is 224. The molecule has 2 fully saturated rings. The first kappa shape index (κ1) is 13.7. The predicted molar refractivity (Wildman–Crippen MR) is 64.9 cm³/mol. The molecular formula is C11H21ClN2O2. The van der Waals surface area contributed by atoms with Crippen LogP contribution in [0.25, 0.3) is 0 Å². The highest BCUT2D eigenvalue weighted by atomic mass is 35.5. The normalized spacial score (nSPS) is 26.6. The maximum absolute atomic E-state index is 12.0. The van der Waals surface area contributed by atoms with E-state index in [4.69, 9.17) is 4.74 Å². The predicted octanol–water partition coefficient (Wildman–Crippen LogP) is 0.798. The molecule has 94 valence electrons. The number of carbonyl (C=O) groups is 1. The van der Waals surface area contributed by atoms with Gasteiger partial charge in [0.15, 0.2) is 0 Å². The second kappa shape index (κ2) is 6.42. The first-order valence-electron chi connectivity index (χ1n) is 5.86. The van der Waals surface area contributed by atoms with E-state index in [-0.39, 0.29) is 18.4 Å². The number of ether oxygens (including phenoxy) is 1. The van der Waals surface area contributed by atoms with Crippen LogP contribution in [0.1, 0.15) is 25.7 Å². The van der Waals surface area contributed by atoms with Gasteiger partial charge in [0.25, 0.3) is 0 Å². The van der Waals surface area contributed by atoms with Crippen molar-refractivity contribution in [2.45, 2.75) is 37.8 Å². The third-order valence-corrected chi connectivity index (χ3v) is 3.45. The van der Waals surface area contributed by atoms with Crippen LogP contribution in [-0.4, -0.2) is 49.7 Å². The summed E-state index contributed by atoms with van der Waals surface area (Å²) in [4.78, 5) is 14.0. The molecule has 0 aromatic heterocycles. The summed E-state index contributed by atoms with van der Waals surface area (Å²) in [5, 5.41) is 3.26. The molecule has 2 rings (SSSR count). The van der Waals surface area contributed by atoms with Gasteiger partial charge in [-0.1, -0.05) is 0 Å². The number of halogens is 1. The summed E-state index contributed by atoms with van der Waals surface area (Å²) in [7, 11) is 1.75. The number of likely N-dealkylation sites (tertiary alicyclic amines) is 1. The topological polar surface area (TPSA) is 41.6 Å². The summed E-state index contributed by atoms with van der Waals surface area (Å²) in [6.45, 7) is 2.70. The lowest BCUT2D eigenvalue weighted by Crippen LogP contribution is -2.48. The minimum absolute atomic E-state index is 0. The van der Waals surface area contributed by atoms with Gasteiger partial charge in [0.05, 0.1) is 12.1 Å². The van der Waals surface area contributed by atoms with E-state index in [0.717, 1.165) is 45.3 Å². The SMILES string of the molecule is COC1CCN(C(=O)[C@@H]2CCCN2)CC1.Cl. The average molecular weight is 249 g/mol. The number of nitrogens with one attached hydrogen (secondary N) is 1. The Kier molecular flexibility index (Phi) is 5.52. The van der Waals surface area contributed by atoms with Crippen LogP contribution in [0.3, 0.4) is 0 Å². The first-order chi connectivity index (χ1) is 7.31. The number of hydrogen-bond donors (Lipinski definition) is 1. The van der Waals surface area contributed by atoms with Gasteiger partial charge in [-0.15, -0.1) is 12.4 Å². The molecule has 1 atom stereocenters. The summed E-state index contributed by atoms with van der Waals surface area (Å²) in [5.74, 6) is 0.294. The van der Waals surface area contributed by atoms with Crippen LogP contribution in [0, 0.1) is 0 Å². The Balaban J connectivity index is 0.00000128. The summed E-state index contributed by atoms with van der Waals surface area (Å²) < 4.78 is 5.29. The molecule has 0 unspecified atom stereocenters. The fourth-order valence-corrected chi connectivity index (χ4v) is 2.43. The molecule has 5 heteroatoms. The number of hydrogen-bond acceptors (Lipinski definition) is 3. The third-order valence-electron chi connectivity index (χ3n) is 3.45. The number of methoxy groups -OCH3 is 1. The Morgan fingerprint density at radius 2 is 2.00 bits per heavy atom. The van der Waals surface area contributed by atoms with Gasteiger partial charge in [-0.2, -0.15) is 0 Å². The van der Waals surface area contributed by atoms with Gasteiger partial charge in [0.1, 0.15) is 0 Å². The lowest BCUT2D eigenvalue weighted by atomic mass is 10.1. The zero-order valence-corrected chi connectivity index (χ0v) is 10.6. The molecule has 2 heterocycles. The average Bonchev–Trinajstić information content (AvgIpc) is 2.82. The van der Waals surface area contributed by atoms with Gasteiger partial charge >= 0.3 is 0 Å². The lowest BCUT2D eigenvalue weighted by molar-refractivity contribution is -0.135. The van der Waals surface area contributed by atoms with Gasteiger partial charge in [0.2, 0.25) is 5.91 Å². The second-order valence-electron chi connectivity index (χ2n) is 4.41. The molecular weight excluding hydrogens is 228 g/mol. The fraction of sp³-hybridized carbons (Fsp3) is 0.909. The number of piperidine rings is 1. The van der Waals surface area contributed by atoms with E-state index < -0.39 is 0 Å². The quantitative estimate of drug-likeness (QED) is 0.786. The fourth-order valence-electron chi connectivity index (χ4n) is 2.43. The maximum Gasteiger partial charge on any atom is 0.239 e. The van der Waals surface area contributed by atoms with E-state index in [1.54, 1.807) is 7.11 Å². The molecule has 0 radical (unpaired) electrons. The molecule has 1 amide bonds. The van der Waals surface area contributed by atoms with Crippen LogP contribution in [0.5, 0.6) is 0 Å². The monoisotopic (exact) mass is 248 g/mol. The molecule has 2 saturated heterocycles. The molecule has 4 nitrogen and oxygen atoms in total. The van der Waals surface area contributed by atoms with Crippen molar-refractivity contribution in [3.63, 3.8) is 0 Å². The van der Waals surface area contributed by atoms with Crippen molar-refractivity contribution >= 4 is 18.3 Å². The van der Waals surface area contributed by atoms with Crippen LogP contribution < -0.4 is 5.32 Å². The maximum atomic E-state index is 12.0. The van der Waals surface area contributed by atoms with Crippen molar-refractivity contribution in [3.05, 3.63) is 0 Å². The minimum atomic E-state index is 0. The van der Waals surface area contributed by atoms with Gasteiger partial charge < -0.3 is 15.0 Å². The highest BCUT2D eigenvalue weighted by Crippen LogP contribution is 2.16. The van der Waals surface area contributed by atoms with E-state index in [1.165, 1.54) is 0 Å². The van der Waals surface area contributed by atoms with E-state index in [9.17, 15) is 4.79 Å². The van der Waals surface area contributed by atoms with Crippen LogP contribution in [0.4, 0.5) is 0 Å². The Morgan fingerprint density at radius 1 is 1.31 bits per heavy atom. The molecule has 0 bridgehead atoms. The van der Waals surface area contributed by atoms with Crippen LogP contribution in [0.15, 0.2) is 0 Å². The van der Waals surface area contributed by atoms with E-state index in [0.29, 0.717) is 12.0 Å². The lowest BCUT2D eigenvalue weighted by Gasteiger charge is -2.32. The molecule has 0 saturated carbocycles. The molecule has 2 aliphatic rings. The van der Waals surface area contributed by atoms with E-state index in [2.05, 4.69) is 5.32 Å². The summed E-state index contributed by atoms with van der Waals surface area (Å²) in [6.07, 6.45) is 4.45. The van der Waals surface area contributed by atoms with E-state index >= 15 is 0 Å². The number of carbonyl (C=O) groups excluding carboxylic acids is 1. The van der Waals surface area contributed by atoms with Crippen molar-refractivity contribution in [2.75, 3.05) is 26.7 Å².